The van der Waals surface area contributed by atoms with Crippen LogP contribution in [0.4, 0.5) is 4.79 Å². The van der Waals surface area contributed by atoms with Crippen LogP contribution in [-0.4, -0.2) is 30.3 Å². The van der Waals surface area contributed by atoms with Gasteiger partial charge < -0.3 is 20.5 Å². The Bertz CT molecular complexity index is 474. The number of benzene rings is 1. The first-order valence-corrected chi connectivity index (χ1v) is 6.71. The molecule has 3 N–H and O–H groups in total. The molecular formula is C15H23ClN2O4. The van der Waals surface area contributed by atoms with E-state index < -0.39 is 23.7 Å². The van der Waals surface area contributed by atoms with Gasteiger partial charge in [-0.15, -0.1) is 12.4 Å². The molecule has 124 valence electrons. The van der Waals surface area contributed by atoms with Crippen LogP contribution in [0.2, 0.25) is 0 Å². The third-order valence-electron chi connectivity index (χ3n) is 2.39. The average Bonchev–Trinajstić information content (AvgIpc) is 2.41. The van der Waals surface area contributed by atoms with Gasteiger partial charge in [0.05, 0.1) is 0 Å². The van der Waals surface area contributed by atoms with Crippen molar-refractivity contribution in [3.63, 3.8) is 0 Å². The molecule has 0 spiro atoms. The highest BCUT2D eigenvalue weighted by Gasteiger charge is 2.19. The summed E-state index contributed by atoms with van der Waals surface area (Å²) in [5, 5.41) is 2.43. The lowest BCUT2D eigenvalue weighted by molar-refractivity contribution is -0.146. The number of halogens is 1. The number of ether oxygens (including phenoxy) is 2. The van der Waals surface area contributed by atoms with Crippen molar-refractivity contribution >= 4 is 24.5 Å². The molecule has 1 amide bonds. The first kappa shape index (κ1) is 20.2. The van der Waals surface area contributed by atoms with Gasteiger partial charge in [0, 0.05) is 6.54 Å². The van der Waals surface area contributed by atoms with E-state index in [9.17, 15) is 9.59 Å². The molecule has 0 aliphatic rings. The number of amides is 1. The maximum atomic E-state index is 11.7. The number of hydrogen-bond acceptors (Lipinski definition) is 5. The third-order valence-corrected chi connectivity index (χ3v) is 2.39. The van der Waals surface area contributed by atoms with Crippen molar-refractivity contribution in [1.82, 2.24) is 5.32 Å². The zero-order valence-electron chi connectivity index (χ0n) is 13.0. The molecule has 1 aromatic carbocycles. The van der Waals surface area contributed by atoms with E-state index >= 15 is 0 Å². The van der Waals surface area contributed by atoms with Crippen LogP contribution in [-0.2, 0) is 20.9 Å². The quantitative estimate of drug-likeness (QED) is 0.806. The molecule has 1 rings (SSSR count). The number of carbonyl (C=O) groups is 2. The van der Waals surface area contributed by atoms with Crippen molar-refractivity contribution < 1.29 is 19.1 Å². The van der Waals surface area contributed by atoms with Gasteiger partial charge in [-0.2, -0.15) is 0 Å². The number of hydrogen-bond donors (Lipinski definition) is 2. The molecule has 0 fully saturated rings. The number of esters is 1. The van der Waals surface area contributed by atoms with Crippen LogP contribution in [0.5, 0.6) is 0 Å². The Balaban J connectivity index is 0.00000441. The van der Waals surface area contributed by atoms with Crippen LogP contribution < -0.4 is 11.1 Å². The lowest BCUT2D eigenvalue weighted by Crippen LogP contribution is -2.44. The Labute approximate surface area is 136 Å². The first-order valence-electron chi connectivity index (χ1n) is 6.71. The van der Waals surface area contributed by atoms with Gasteiger partial charge in [-0.3, -0.25) is 4.79 Å². The fourth-order valence-corrected chi connectivity index (χ4v) is 1.43. The van der Waals surface area contributed by atoms with E-state index in [1.807, 2.05) is 30.3 Å². The summed E-state index contributed by atoms with van der Waals surface area (Å²) in [6, 6.07) is 8.35. The number of nitrogens with two attached hydrogens (primary N) is 1. The summed E-state index contributed by atoms with van der Waals surface area (Å²) in [6.45, 7) is 5.37. The summed E-state index contributed by atoms with van der Waals surface area (Å²) in [4.78, 5) is 23.1. The normalized spacial score (nSPS) is 11.8. The molecule has 1 atom stereocenters. The molecule has 1 aromatic rings. The number of nitrogens with one attached hydrogen (secondary N) is 1. The second-order valence-corrected chi connectivity index (χ2v) is 5.58. The summed E-state index contributed by atoms with van der Waals surface area (Å²) in [6.07, 6.45) is -0.617. The van der Waals surface area contributed by atoms with E-state index in [0.717, 1.165) is 5.56 Å². The molecule has 0 radical (unpaired) electrons. The zero-order chi connectivity index (χ0) is 15.9. The zero-order valence-corrected chi connectivity index (χ0v) is 13.8. The Morgan fingerprint density at radius 3 is 2.36 bits per heavy atom. The molecule has 0 aliphatic carbocycles. The van der Waals surface area contributed by atoms with E-state index in [-0.39, 0.29) is 25.6 Å². The molecule has 0 aromatic heterocycles. The van der Waals surface area contributed by atoms with Crippen molar-refractivity contribution in [2.75, 3.05) is 6.54 Å². The topological polar surface area (TPSA) is 90.6 Å². The van der Waals surface area contributed by atoms with E-state index in [4.69, 9.17) is 15.2 Å². The molecule has 0 saturated heterocycles. The molecule has 0 heterocycles. The van der Waals surface area contributed by atoms with Gasteiger partial charge in [0.25, 0.3) is 0 Å². The Morgan fingerprint density at radius 2 is 1.82 bits per heavy atom. The Kier molecular flexibility index (Phi) is 8.52. The minimum Gasteiger partial charge on any atom is -0.460 e. The van der Waals surface area contributed by atoms with Crippen molar-refractivity contribution in [3.8, 4) is 0 Å². The molecule has 0 unspecified atom stereocenters. The number of carbonyl (C=O) groups excluding carboxylic acids is 2. The van der Waals surface area contributed by atoms with Crippen molar-refractivity contribution in [2.45, 2.75) is 39.0 Å². The summed E-state index contributed by atoms with van der Waals surface area (Å²) >= 11 is 0. The van der Waals surface area contributed by atoms with Crippen LogP contribution in [0, 0.1) is 0 Å². The SMILES string of the molecule is CC(C)(C)OC(=O)NC[C@@H](N)C(=O)OCc1ccccc1.Cl. The summed E-state index contributed by atoms with van der Waals surface area (Å²) in [5.74, 6) is -0.574. The molecule has 0 saturated carbocycles. The van der Waals surface area contributed by atoms with Crippen molar-refractivity contribution in [2.24, 2.45) is 5.73 Å². The van der Waals surface area contributed by atoms with Gasteiger partial charge in [0.1, 0.15) is 18.2 Å². The fourth-order valence-electron chi connectivity index (χ4n) is 1.43. The highest BCUT2D eigenvalue weighted by atomic mass is 35.5. The van der Waals surface area contributed by atoms with Gasteiger partial charge >= 0.3 is 12.1 Å². The van der Waals surface area contributed by atoms with Gasteiger partial charge in [-0.25, -0.2) is 4.79 Å². The third kappa shape index (κ3) is 8.49. The van der Waals surface area contributed by atoms with Gasteiger partial charge in [-0.05, 0) is 26.3 Å². The van der Waals surface area contributed by atoms with Crippen LogP contribution in [0.3, 0.4) is 0 Å². The smallest absolute Gasteiger partial charge is 0.407 e. The monoisotopic (exact) mass is 330 g/mol. The largest absolute Gasteiger partial charge is 0.460 e. The fraction of sp³-hybridized carbons (Fsp3) is 0.467. The number of rotatable bonds is 5. The maximum Gasteiger partial charge on any atom is 0.407 e. The highest BCUT2D eigenvalue weighted by molar-refractivity contribution is 5.85. The van der Waals surface area contributed by atoms with Crippen molar-refractivity contribution in [1.29, 1.82) is 0 Å². The predicted molar refractivity (Wildman–Crippen MR) is 85.7 cm³/mol. The minimum absolute atomic E-state index is 0. The second-order valence-electron chi connectivity index (χ2n) is 5.58. The molecular weight excluding hydrogens is 308 g/mol. The molecule has 7 heteroatoms. The predicted octanol–water partition coefficient (Wildman–Crippen LogP) is 2.00. The van der Waals surface area contributed by atoms with Crippen LogP contribution >= 0.6 is 12.4 Å². The molecule has 22 heavy (non-hydrogen) atoms. The standard InChI is InChI=1S/C15H22N2O4.ClH/c1-15(2,3)21-14(19)17-9-12(16)13(18)20-10-11-7-5-4-6-8-11;/h4-8,12H,9-10,16H2,1-3H3,(H,17,19);1H/t12-;/m1./s1. The van der Waals surface area contributed by atoms with E-state index in [1.165, 1.54) is 0 Å². The van der Waals surface area contributed by atoms with E-state index in [0.29, 0.717) is 0 Å². The maximum absolute atomic E-state index is 11.7. The molecule has 0 aliphatic heterocycles. The Hall–Kier alpha value is -1.79. The lowest BCUT2D eigenvalue weighted by Gasteiger charge is -2.20. The van der Waals surface area contributed by atoms with Crippen molar-refractivity contribution in [3.05, 3.63) is 35.9 Å². The van der Waals surface area contributed by atoms with Gasteiger partial charge in [-0.1, -0.05) is 30.3 Å². The molecule has 6 nitrogen and oxygen atoms in total. The van der Waals surface area contributed by atoms with Crippen LogP contribution in [0.25, 0.3) is 0 Å². The van der Waals surface area contributed by atoms with E-state index in [1.54, 1.807) is 20.8 Å². The highest BCUT2D eigenvalue weighted by Crippen LogP contribution is 2.06. The number of alkyl carbamates (subject to hydrolysis) is 1. The second kappa shape index (κ2) is 9.27. The van der Waals surface area contributed by atoms with Gasteiger partial charge in [0.2, 0.25) is 0 Å². The van der Waals surface area contributed by atoms with Crippen LogP contribution in [0.1, 0.15) is 26.3 Å². The summed E-state index contributed by atoms with van der Waals surface area (Å²) in [7, 11) is 0. The van der Waals surface area contributed by atoms with Crippen LogP contribution in [0.15, 0.2) is 30.3 Å². The van der Waals surface area contributed by atoms with Gasteiger partial charge in [0.15, 0.2) is 0 Å². The molecule has 0 bridgehead atoms. The first-order chi connectivity index (χ1) is 9.78. The summed E-state index contributed by atoms with van der Waals surface area (Å²) < 4.78 is 10.1. The van der Waals surface area contributed by atoms with E-state index in [2.05, 4.69) is 5.32 Å². The lowest BCUT2D eigenvalue weighted by atomic mass is 10.2. The minimum atomic E-state index is -0.929. The Morgan fingerprint density at radius 1 is 1.23 bits per heavy atom. The average molecular weight is 331 g/mol. The summed E-state index contributed by atoms with van der Waals surface area (Å²) in [5.41, 5.74) is 5.93.